The first-order valence-corrected chi connectivity index (χ1v) is 4.12. The number of hydrazine groups is 1. The molecule has 4 nitrogen and oxygen atoms in total. The third kappa shape index (κ3) is 3.87. The summed E-state index contributed by atoms with van der Waals surface area (Å²) < 4.78 is 39.0. The van der Waals surface area contributed by atoms with Crippen molar-refractivity contribution in [2.45, 2.75) is 6.36 Å². The predicted molar refractivity (Wildman–Crippen MR) is 49.1 cm³/mol. The van der Waals surface area contributed by atoms with Gasteiger partial charge < -0.3 is 4.74 Å². The largest absolute Gasteiger partial charge is 0.573 e. The van der Waals surface area contributed by atoms with E-state index in [0.29, 0.717) is 0 Å². The quantitative estimate of drug-likeness (QED) is 0.468. The molecule has 0 bridgehead atoms. The van der Waals surface area contributed by atoms with Gasteiger partial charge in [0, 0.05) is 5.56 Å². The summed E-state index contributed by atoms with van der Waals surface area (Å²) in [7, 11) is 0. The lowest BCUT2D eigenvalue weighted by Crippen LogP contribution is -2.23. The number of Topliss-reactive ketones (excluding diaryl/α,β-unsaturated/α-hetero) is 1. The van der Waals surface area contributed by atoms with Crippen molar-refractivity contribution < 1.29 is 22.7 Å². The van der Waals surface area contributed by atoms with E-state index in [-0.39, 0.29) is 11.3 Å². The molecule has 87 valence electrons. The van der Waals surface area contributed by atoms with Crippen molar-refractivity contribution in [3.8, 4) is 5.75 Å². The number of nitrogens with one attached hydrogen (secondary N) is 1. The number of hydrogen-bond donors (Lipinski definition) is 2. The Balaban J connectivity index is 2.72. The predicted octanol–water partition coefficient (Wildman–Crippen LogP) is 1.39. The molecule has 16 heavy (non-hydrogen) atoms. The molecule has 1 rings (SSSR count). The van der Waals surface area contributed by atoms with Crippen LogP contribution in [0.15, 0.2) is 24.3 Å². The zero-order valence-electron chi connectivity index (χ0n) is 7.91. The van der Waals surface area contributed by atoms with E-state index in [1.807, 2.05) is 5.43 Å². The smallest absolute Gasteiger partial charge is 0.406 e. The Morgan fingerprint density at radius 2 is 1.88 bits per heavy atom. The van der Waals surface area contributed by atoms with Crippen molar-refractivity contribution in [2.24, 2.45) is 5.84 Å². The van der Waals surface area contributed by atoms with Crippen molar-refractivity contribution in [1.29, 1.82) is 0 Å². The van der Waals surface area contributed by atoms with Crippen molar-refractivity contribution >= 4 is 5.78 Å². The number of carbonyl (C=O) groups excluding carboxylic acids is 1. The van der Waals surface area contributed by atoms with Crippen LogP contribution in [-0.4, -0.2) is 12.1 Å². The minimum absolute atomic E-state index is 0.201. The normalized spacial score (nSPS) is 11.2. The lowest BCUT2D eigenvalue weighted by atomic mass is 10.1. The minimum atomic E-state index is -4.74. The molecule has 0 atom stereocenters. The van der Waals surface area contributed by atoms with Crippen LogP contribution in [0.5, 0.6) is 5.75 Å². The van der Waals surface area contributed by atoms with Crippen LogP contribution in [-0.2, 0) is 0 Å². The number of hydrogen-bond acceptors (Lipinski definition) is 4. The summed E-state index contributed by atoms with van der Waals surface area (Å²) in [6, 6.07) is 4.50. The number of benzene rings is 1. The summed E-state index contributed by atoms with van der Waals surface area (Å²) >= 11 is 0. The molecule has 0 fully saturated rings. The van der Waals surface area contributed by atoms with Gasteiger partial charge in [0.1, 0.15) is 12.3 Å². The highest BCUT2D eigenvalue weighted by molar-refractivity contribution is 6.02. The van der Waals surface area contributed by atoms with Crippen LogP contribution >= 0.6 is 0 Å². The number of rotatable bonds is 4. The van der Waals surface area contributed by atoms with Gasteiger partial charge in [0.05, 0.1) is 0 Å². The zero-order chi connectivity index (χ0) is 12.2. The maximum absolute atomic E-state index is 11.8. The number of carbonyl (C=O) groups is 1. The molecule has 0 amide bonds. The second-order valence-electron chi connectivity index (χ2n) is 2.75. The molecule has 1 radical (unpaired) electrons. The van der Waals surface area contributed by atoms with Gasteiger partial charge in [-0.2, -0.15) is 0 Å². The Bertz CT molecular complexity index is 362. The molecule has 0 aliphatic rings. The molecular formula is C9H8F3N2O2. The number of ether oxygens (including phenoxy) is 1. The van der Waals surface area contributed by atoms with Crippen LogP contribution in [0.3, 0.4) is 0 Å². The van der Waals surface area contributed by atoms with Gasteiger partial charge in [-0.05, 0) is 24.3 Å². The maximum atomic E-state index is 11.8. The zero-order valence-corrected chi connectivity index (χ0v) is 7.91. The second-order valence-corrected chi connectivity index (χ2v) is 2.75. The van der Waals surface area contributed by atoms with Gasteiger partial charge in [-0.15, -0.1) is 13.2 Å². The standard InChI is InChI=1S/C9H8F3N2O2/c10-9(11,12)16-7-3-1-6(2-4-7)8(15)5-14-13/h1-5,14H,13H2. The van der Waals surface area contributed by atoms with Crippen molar-refractivity contribution in [1.82, 2.24) is 5.43 Å². The van der Waals surface area contributed by atoms with Crippen molar-refractivity contribution in [2.75, 3.05) is 0 Å². The molecule has 0 unspecified atom stereocenters. The van der Waals surface area contributed by atoms with E-state index in [4.69, 9.17) is 5.84 Å². The first-order valence-electron chi connectivity index (χ1n) is 4.12. The Morgan fingerprint density at radius 3 is 2.31 bits per heavy atom. The Hall–Kier alpha value is -1.60. The van der Waals surface area contributed by atoms with Gasteiger partial charge >= 0.3 is 6.36 Å². The van der Waals surface area contributed by atoms with Crippen LogP contribution in [0.2, 0.25) is 0 Å². The summed E-state index contributed by atoms with van der Waals surface area (Å²) in [6.07, 6.45) is -4.74. The first kappa shape index (κ1) is 12.5. The molecule has 0 heterocycles. The van der Waals surface area contributed by atoms with Gasteiger partial charge in [-0.3, -0.25) is 10.6 Å². The molecule has 0 spiro atoms. The Kier molecular flexibility index (Phi) is 3.86. The fourth-order valence-electron chi connectivity index (χ4n) is 0.980. The van der Waals surface area contributed by atoms with E-state index >= 15 is 0 Å². The van der Waals surface area contributed by atoms with Crippen LogP contribution in [0.4, 0.5) is 13.2 Å². The summed E-state index contributed by atoms with van der Waals surface area (Å²) in [5, 5.41) is 0. The first-order chi connectivity index (χ1) is 7.42. The highest BCUT2D eigenvalue weighted by atomic mass is 19.4. The minimum Gasteiger partial charge on any atom is -0.406 e. The lowest BCUT2D eigenvalue weighted by Gasteiger charge is -2.08. The number of nitrogens with two attached hydrogens (primary N) is 1. The topological polar surface area (TPSA) is 64.3 Å². The maximum Gasteiger partial charge on any atom is 0.573 e. The molecule has 0 aromatic heterocycles. The van der Waals surface area contributed by atoms with Crippen LogP contribution < -0.4 is 16.0 Å². The van der Waals surface area contributed by atoms with Crippen molar-refractivity contribution in [3.05, 3.63) is 36.4 Å². The summed E-state index contributed by atoms with van der Waals surface area (Å²) in [5.41, 5.74) is 2.23. The molecule has 0 aliphatic carbocycles. The van der Waals surface area contributed by atoms with Crippen LogP contribution in [0.25, 0.3) is 0 Å². The highest BCUT2D eigenvalue weighted by Gasteiger charge is 2.30. The van der Waals surface area contributed by atoms with Gasteiger partial charge in [0.2, 0.25) is 0 Å². The SMILES string of the molecule is NN[CH]C(=O)c1ccc(OC(F)(F)F)cc1. The number of ketones is 1. The van der Waals surface area contributed by atoms with Gasteiger partial charge in [-0.1, -0.05) is 0 Å². The van der Waals surface area contributed by atoms with E-state index in [9.17, 15) is 18.0 Å². The molecule has 0 saturated heterocycles. The average molecular weight is 233 g/mol. The van der Waals surface area contributed by atoms with E-state index in [2.05, 4.69) is 4.74 Å². The average Bonchev–Trinajstić information content (AvgIpc) is 2.16. The Morgan fingerprint density at radius 1 is 1.31 bits per heavy atom. The summed E-state index contributed by atoms with van der Waals surface area (Å²) in [4.78, 5) is 11.2. The lowest BCUT2D eigenvalue weighted by molar-refractivity contribution is -0.274. The third-order valence-corrected chi connectivity index (χ3v) is 1.59. The van der Waals surface area contributed by atoms with E-state index in [0.717, 1.165) is 18.7 Å². The third-order valence-electron chi connectivity index (χ3n) is 1.59. The fraction of sp³-hybridized carbons (Fsp3) is 0.111. The molecule has 0 saturated carbocycles. The highest BCUT2D eigenvalue weighted by Crippen LogP contribution is 2.22. The molecule has 7 heteroatoms. The molecule has 3 N–H and O–H groups in total. The second kappa shape index (κ2) is 4.95. The summed E-state index contributed by atoms with van der Waals surface area (Å²) in [6.45, 7) is 0.986. The number of halogens is 3. The molecule has 1 aromatic carbocycles. The van der Waals surface area contributed by atoms with Gasteiger partial charge in [0.15, 0.2) is 5.78 Å². The molecule has 1 aromatic rings. The monoisotopic (exact) mass is 233 g/mol. The van der Waals surface area contributed by atoms with E-state index < -0.39 is 12.1 Å². The molecule has 0 aliphatic heterocycles. The van der Waals surface area contributed by atoms with Crippen LogP contribution in [0.1, 0.15) is 10.4 Å². The van der Waals surface area contributed by atoms with Gasteiger partial charge in [0.25, 0.3) is 0 Å². The van der Waals surface area contributed by atoms with Gasteiger partial charge in [-0.25, -0.2) is 5.43 Å². The molecular weight excluding hydrogens is 225 g/mol. The summed E-state index contributed by atoms with van der Waals surface area (Å²) in [5.74, 6) is 4.05. The van der Waals surface area contributed by atoms with E-state index in [1.54, 1.807) is 0 Å². The number of alkyl halides is 3. The Labute approximate surface area is 89.2 Å². The fourth-order valence-corrected chi connectivity index (χ4v) is 0.980. The van der Waals surface area contributed by atoms with Crippen LogP contribution in [0, 0.1) is 6.54 Å². The van der Waals surface area contributed by atoms with Crippen molar-refractivity contribution in [3.63, 3.8) is 0 Å². The van der Waals surface area contributed by atoms with E-state index in [1.165, 1.54) is 12.1 Å².